The molecule has 0 bridgehead atoms. The second-order valence-corrected chi connectivity index (χ2v) is 4.91. The molecule has 3 rings (SSSR count). The lowest BCUT2D eigenvalue weighted by molar-refractivity contribution is 0.770. The first-order valence-electron chi connectivity index (χ1n) is 5.21. The van der Waals surface area contributed by atoms with Crippen LogP contribution in [0.4, 0.5) is 5.82 Å². The van der Waals surface area contributed by atoms with Gasteiger partial charge in [0.15, 0.2) is 11.0 Å². The second-order valence-electron chi connectivity index (χ2n) is 4.17. The summed E-state index contributed by atoms with van der Waals surface area (Å²) in [5.74, 6) is 0.821. The van der Waals surface area contributed by atoms with Crippen LogP contribution >= 0.6 is 23.2 Å². The van der Waals surface area contributed by atoms with Crippen LogP contribution in [0.3, 0.4) is 0 Å². The molecule has 0 unspecified atom stereocenters. The minimum Gasteiger partial charge on any atom is -0.349 e. The third-order valence-electron chi connectivity index (χ3n) is 2.85. The van der Waals surface area contributed by atoms with Gasteiger partial charge in [-0.15, -0.1) is 0 Å². The Balaban J connectivity index is 1.97. The Morgan fingerprint density at radius 1 is 1.07 bits per heavy atom. The van der Waals surface area contributed by atoms with Gasteiger partial charge in [-0.3, -0.25) is 0 Å². The fourth-order valence-electron chi connectivity index (χ4n) is 1.87. The Morgan fingerprint density at radius 3 is 2.20 bits per heavy atom. The van der Waals surface area contributed by atoms with Crippen LogP contribution in [-0.4, -0.2) is 22.1 Å². The minimum absolute atomic E-state index is 0.355. The molecule has 2 aliphatic rings. The first-order valence-corrected chi connectivity index (χ1v) is 5.97. The summed E-state index contributed by atoms with van der Waals surface area (Å²) in [6.45, 7) is 0. The van der Waals surface area contributed by atoms with E-state index in [1.165, 1.54) is 32.0 Å². The number of rotatable bonds is 3. The normalized spacial score (nSPS) is 20.4. The van der Waals surface area contributed by atoms with Crippen LogP contribution in [0.2, 0.25) is 10.2 Å². The summed E-state index contributed by atoms with van der Waals surface area (Å²) in [5, 5.41) is 0.853. The number of anilines is 1. The van der Waals surface area contributed by atoms with Gasteiger partial charge in [-0.25, -0.2) is 9.97 Å². The van der Waals surface area contributed by atoms with Gasteiger partial charge in [0.2, 0.25) is 0 Å². The van der Waals surface area contributed by atoms with Crippen molar-refractivity contribution in [1.82, 2.24) is 9.97 Å². The quantitative estimate of drug-likeness (QED) is 0.765. The van der Waals surface area contributed by atoms with Gasteiger partial charge in [0.1, 0.15) is 11.3 Å². The van der Waals surface area contributed by atoms with E-state index >= 15 is 0 Å². The van der Waals surface area contributed by atoms with Crippen molar-refractivity contribution in [2.75, 3.05) is 4.90 Å². The summed E-state index contributed by atoms with van der Waals surface area (Å²) in [4.78, 5) is 10.5. The summed E-state index contributed by atoms with van der Waals surface area (Å²) in [6.07, 6.45) is 6.47. The molecule has 0 atom stereocenters. The van der Waals surface area contributed by atoms with Gasteiger partial charge >= 0.3 is 0 Å². The molecule has 80 valence electrons. The monoisotopic (exact) mass is 243 g/mol. The maximum absolute atomic E-state index is 6.13. The smallest absolute Gasteiger partial charge is 0.153 e. The summed E-state index contributed by atoms with van der Waals surface area (Å²) in [7, 11) is 0. The topological polar surface area (TPSA) is 29.0 Å². The number of aromatic nitrogens is 2. The average Bonchev–Trinajstić information content (AvgIpc) is 3.06. The molecule has 0 radical (unpaired) electrons. The summed E-state index contributed by atoms with van der Waals surface area (Å²) in [6, 6.07) is 1.25. The maximum Gasteiger partial charge on any atom is 0.153 e. The van der Waals surface area contributed by atoms with Gasteiger partial charge in [0.25, 0.3) is 0 Å². The molecule has 3 nitrogen and oxygen atoms in total. The lowest BCUT2D eigenvalue weighted by Crippen LogP contribution is -2.29. The number of hydrogen-bond acceptors (Lipinski definition) is 3. The van der Waals surface area contributed by atoms with E-state index in [0.29, 0.717) is 22.3 Å². The van der Waals surface area contributed by atoms with Crippen molar-refractivity contribution in [2.24, 2.45) is 0 Å². The molecular formula is C10H11Cl2N3. The van der Waals surface area contributed by atoms with Crippen LogP contribution in [0.1, 0.15) is 25.7 Å². The van der Waals surface area contributed by atoms with Gasteiger partial charge < -0.3 is 4.90 Å². The fraction of sp³-hybridized carbons (Fsp3) is 0.600. The maximum atomic E-state index is 6.13. The third kappa shape index (κ3) is 1.79. The van der Waals surface area contributed by atoms with Crippen molar-refractivity contribution in [3.63, 3.8) is 0 Å². The molecule has 1 aromatic rings. The standard InChI is InChI=1S/C10H11Cl2N3/c11-8-9(12)13-5-14-10(8)15(6-1-2-6)7-3-4-7/h5-7H,1-4H2. The zero-order chi connectivity index (χ0) is 10.4. The molecule has 2 saturated carbocycles. The van der Waals surface area contributed by atoms with Gasteiger partial charge in [-0.1, -0.05) is 23.2 Å². The molecule has 0 amide bonds. The molecule has 0 aliphatic heterocycles. The van der Waals surface area contributed by atoms with E-state index in [-0.39, 0.29) is 0 Å². The van der Waals surface area contributed by atoms with Gasteiger partial charge in [-0.2, -0.15) is 0 Å². The van der Waals surface area contributed by atoms with E-state index < -0.39 is 0 Å². The Hall–Kier alpha value is -0.540. The van der Waals surface area contributed by atoms with E-state index in [1.54, 1.807) is 0 Å². The summed E-state index contributed by atoms with van der Waals surface area (Å²) < 4.78 is 0. The van der Waals surface area contributed by atoms with Crippen molar-refractivity contribution >= 4 is 29.0 Å². The molecule has 0 spiro atoms. The molecule has 2 fully saturated rings. The zero-order valence-electron chi connectivity index (χ0n) is 8.16. The van der Waals surface area contributed by atoms with Crippen LogP contribution in [0, 0.1) is 0 Å². The summed E-state index contributed by atoms with van der Waals surface area (Å²) in [5.41, 5.74) is 0. The van der Waals surface area contributed by atoms with Gasteiger partial charge in [0.05, 0.1) is 0 Å². The molecule has 15 heavy (non-hydrogen) atoms. The molecule has 0 aromatic carbocycles. The highest BCUT2D eigenvalue weighted by atomic mass is 35.5. The van der Waals surface area contributed by atoms with Crippen LogP contribution < -0.4 is 4.90 Å². The Kier molecular flexibility index (Phi) is 2.25. The van der Waals surface area contributed by atoms with E-state index in [1.807, 2.05) is 0 Å². The number of hydrogen-bond donors (Lipinski definition) is 0. The predicted molar refractivity (Wildman–Crippen MR) is 60.6 cm³/mol. The average molecular weight is 244 g/mol. The van der Waals surface area contributed by atoms with Gasteiger partial charge in [0, 0.05) is 12.1 Å². The number of halogens is 2. The second kappa shape index (κ2) is 3.49. The molecule has 0 N–H and O–H groups in total. The van der Waals surface area contributed by atoms with E-state index in [0.717, 1.165) is 5.82 Å². The lowest BCUT2D eigenvalue weighted by atomic mass is 10.4. The first-order chi connectivity index (χ1) is 7.27. The highest BCUT2D eigenvalue weighted by Gasteiger charge is 2.41. The van der Waals surface area contributed by atoms with Crippen LogP contribution in [0.25, 0.3) is 0 Å². The Bertz CT molecular complexity index is 376. The molecule has 2 aliphatic carbocycles. The first kappa shape index (κ1) is 9.67. The number of nitrogens with zero attached hydrogens (tertiary/aromatic N) is 3. The molecular weight excluding hydrogens is 233 g/mol. The third-order valence-corrected chi connectivity index (χ3v) is 3.58. The highest BCUT2D eigenvalue weighted by Crippen LogP contribution is 2.43. The van der Waals surface area contributed by atoms with Crippen molar-refractivity contribution in [3.8, 4) is 0 Å². The largest absolute Gasteiger partial charge is 0.349 e. The van der Waals surface area contributed by atoms with E-state index in [4.69, 9.17) is 23.2 Å². The fourth-order valence-corrected chi connectivity index (χ4v) is 2.19. The summed E-state index contributed by atoms with van der Waals surface area (Å²) >= 11 is 12.0. The van der Waals surface area contributed by atoms with E-state index in [2.05, 4.69) is 14.9 Å². The van der Waals surface area contributed by atoms with Crippen molar-refractivity contribution in [1.29, 1.82) is 0 Å². The Labute approximate surface area is 98.4 Å². The lowest BCUT2D eigenvalue weighted by Gasteiger charge is -2.23. The predicted octanol–water partition coefficient (Wildman–Crippen LogP) is 2.91. The molecule has 0 saturated heterocycles. The van der Waals surface area contributed by atoms with Crippen LogP contribution in [0.15, 0.2) is 6.33 Å². The molecule has 1 aromatic heterocycles. The van der Waals surface area contributed by atoms with Gasteiger partial charge in [-0.05, 0) is 25.7 Å². The van der Waals surface area contributed by atoms with Crippen molar-refractivity contribution in [2.45, 2.75) is 37.8 Å². The Morgan fingerprint density at radius 2 is 1.67 bits per heavy atom. The van der Waals surface area contributed by atoms with Crippen LogP contribution in [0.5, 0.6) is 0 Å². The van der Waals surface area contributed by atoms with Crippen molar-refractivity contribution < 1.29 is 0 Å². The SMILES string of the molecule is Clc1ncnc(N(C2CC2)C2CC2)c1Cl. The van der Waals surface area contributed by atoms with Crippen molar-refractivity contribution in [3.05, 3.63) is 16.5 Å². The molecule has 5 heteroatoms. The van der Waals surface area contributed by atoms with E-state index in [9.17, 15) is 0 Å². The molecule has 1 heterocycles. The van der Waals surface area contributed by atoms with Crippen LogP contribution in [-0.2, 0) is 0 Å². The zero-order valence-corrected chi connectivity index (χ0v) is 9.67. The minimum atomic E-state index is 0.355. The highest BCUT2D eigenvalue weighted by molar-refractivity contribution is 6.42.